The van der Waals surface area contributed by atoms with Gasteiger partial charge in [-0.3, -0.25) is 0 Å². The molecule has 0 aromatic heterocycles. The van der Waals surface area contributed by atoms with E-state index in [1.54, 1.807) is 0 Å². The number of fused-ring (bicyclic) bond motifs is 1. The Labute approximate surface area is 120 Å². The summed E-state index contributed by atoms with van der Waals surface area (Å²) in [5, 5.41) is 2.99. The van der Waals surface area contributed by atoms with E-state index in [1.165, 1.54) is 49.7 Å². The second-order valence-electron chi connectivity index (χ2n) is 5.12. The largest absolute Gasteiger partial charge is 2.00 e. The van der Waals surface area contributed by atoms with Crippen molar-refractivity contribution in [1.29, 1.82) is 0 Å². The van der Waals surface area contributed by atoms with Crippen molar-refractivity contribution in [2.45, 2.75) is 48.5 Å². The fourth-order valence-corrected chi connectivity index (χ4v) is 2.91. The molecule has 0 unspecified atom stereocenters. The Hall–Kier alpha value is -0.456. The van der Waals surface area contributed by atoms with Crippen LogP contribution in [0.1, 0.15) is 38.9 Å². The van der Waals surface area contributed by atoms with Gasteiger partial charge in [-0.15, -0.1) is 27.5 Å². The topological polar surface area (TPSA) is 0 Å². The van der Waals surface area contributed by atoms with Crippen LogP contribution in [0.25, 0.3) is 10.8 Å². The first-order valence-corrected chi connectivity index (χ1v) is 6.00. The van der Waals surface area contributed by atoms with Gasteiger partial charge >= 0.3 is 21.7 Å². The molecule has 0 heterocycles. The normalized spacial score (nSPS) is 10.8. The van der Waals surface area contributed by atoms with Crippen molar-refractivity contribution < 1.29 is 21.7 Å². The van der Waals surface area contributed by atoms with Gasteiger partial charge < -0.3 is 0 Å². The molecule has 2 aromatic carbocycles. The first-order chi connectivity index (χ1) is 7.37. The van der Waals surface area contributed by atoms with Gasteiger partial charge in [0.25, 0.3) is 0 Å². The molecule has 0 atom stereocenters. The fourth-order valence-electron chi connectivity index (χ4n) is 2.91. The molecule has 0 fully saturated rings. The van der Waals surface area contributed by atoms with Crippen LogP contribution in [0, 0.1) is 48.5 Å². The monoisotopic (exact) mass is 261 g/mol. The van der Waals surface area contributed by atoms with Crippen molar-refractivity contribution in [2.24, 2.45) is 0 Å². The first-order valence-electron chi connectivity index (χ1n) is 6.00. The van der Waals surface area contributed by atoms with Crippen molar-refractivity contribution in [3.63, 3.8) is 0 Å². The van der Waals surface area contributed by atoms with Gasteiger partial charge in [-0.2, -0.15) is 5.56 Å². The molecule has 0 amide bonds. The molecule has 0 aliphatic rings. The van der Waals surface area contributed by atoms with Crippen LogP contribution in [-0.4, -0.2) is 0 Å². The van der Waals surface area contributed by atoms with Crippen LogP contribution in [0.3, 0.4) is 0 Å². The molecule has 2 rings (SSSR count). The van der Waals surface area contributed by atoms with Gasteiger partial charge in [0.05, 0.1) is 0 Å². The van der Waals surface area contributed by atoms with E-state index in [0.717, 1.165) is 0 Å². The number of hydrogen-bond acceptors (Lipinski definition) is 0. The predicted octanol–water partition coefficient (Wildman–Crippen LogP) is 4.72. The van der Waals surface area contributed by atoms with Gasteiger partial charge in [-0.1, -0.05) is 44.4 Å². The SMILES string of the molecule is Cc1c(C)c(C)c2c(c1C)c(C)c(C)[c-]2C.[Ti+2]. The van der Waals surface area contributed by atoms with Gasteiger partial charge in [0.2, 0.25) is 0 Å². The molecular formula is C16H21Ti+. The Kier molecular flexibility index (Phi) is 4.01. The average molecular weight is 261 g/mol. The van der Waals surface area contributed by atoms with Gasteiger partial charge in [0, 0.05) is 0 Å². The van der Waals surface area contributed by atoms with Gasteiger partial charge in [0.1, 0.15) is 0 Å². The summed E-state index contributed by atoms with van der Waals surface area (Å²) >= 11 is 0. The zero-order valence-electron chi connectivity index (χ0n) is 12.0. The summed E-state index contributed by atoms with van der Waals surface area (Å²) in [6.07, 6.45) is 0. The Balaban J connectivity index is 0.00000144. The zero-order chi connectivity index (χ0) is 12.2. The molecule has 0 bridgehead atoms. The molecule has 0 nitrogen and oxygen atoms in total. The molecule has 0 saturated heterocycles. The van der Waals surface area contributed by atoms with Crippen molar-refractivity contribution in [1.82, 2.24) is 0 Å². The van der Waals surface area contributed by atoms with Crippen molar-refractivity contribution in [2.75, 3.05) is 0 Å². The summed E-state index contributed by atoms with van der Waals surface area (Å²) in [6.45, 7) is 15.8. The Bertz CT molecular complexity index is 535. The number of hydrogen-bond donors (Lipinski definition) is 0. The minimum absolute atomic E-state index is 0. The van der Waals surface area contributed by atoms with E-state index in [9.17, 15) is 0 Å². The maximum absolute atomic E-state index is 2.26. The third-order valence-electron chi connectivity index (χ3n) is 4.56. The summed E-state index contributed by atoms with van der Waals surface area (Å²) in [5.41, 5.74) is 10.2. The number of benzene rings is 1. The standard InChI is InChI=1S/C16H21.Ti/c1-8-9(2)12(5)16-14(7)10(3)13(6)15(16)11(8)4;/h1-7H3;/q-1;+2. The van der Waals surface area contributed by atoms with Crippen molar-refractivity contribution in [3.05, 3.63) is 38.9 Å². The first kappa shape index (κ1) is 14.6. The van der Waals surface area contributed by atoms with E-state index >= 15 is 0 Å². The average Bonchev–Trinajstić information content (AvgIpc) is 2.48. The van der Waals surface area contributed by atoms with E-state index in [4.69, 9.17) is 0 Å². The van der Waals surface area contributed by atoms with E-state index in [2.05, 4.69) is 48.5 Å². The minimum atomic E-state index is 0. The van der Waals surface area contributed by atoms with Gasteiger partial charge in [0.15, 0.2) is 0 Å². The summed E-state index contributed by atoms with van der Waals surface area (Å²) in [7, 11) is 0. The molecular weight excluding hydrogens is 240 g/mol. The molecule has 0 saturated carbocycles. The van der Waals surface area contributed by atoms with E-state index in [0.29, 0.717) is 0 Å². The van der Waals surface area contributed by atoms with Crippen molar-refractivity contribution >= 4 is 10.8 Å². The minimum Gasteiger partial charge on any atom is -0.153 e. The maximum Gasteiger partial charge on any atom is 2.00 e. The molecule has 88 valence electrons. The Morgan fingerprint density at radius 3 is 1.65 bits per heavy atom. The van der Waals surface area contributed by atoms with Crippen LogP contribution in [0.4, 0.5) is 0 Å². The van der Waals surface area contributed by atoms with Crippen LogP contribution in [0.5, 0.6) is 0 Å². The van der Waals surface area contributed by atoms with Crippen LogP contribution in [0.15, 0.2) is 0 Å². The molecule has 0 radical (unpaired) electrons. The summed E-state index contributed by atoms with van der Waals surface area (Å²) < 4.78 is 0. The van der Waals surface area contributed by atoms with Crippen LogP contribution >= 0.6 is 0 Å². The van der Waals surface area contributed by atoms with Gasteiger partial charge in [-0.05, 0) is 20.8 Å². The third-order valence-corrected chi connectivity index (χ3v) is 4.56. The Morgan fingerprint density at radius 2 is 1.12 bits per heavy atom. The molecule has 0 aliphatic carbocycles. The molecule has 2 aromatic rings. The quantitative estimate of drug-likeness (QED) is 0.475. The fraction of sp³-hybridized carbons (Fsp3) is 0.438. The molecule has 0 aliphatic heterocycles. The van der Waals surface area contributed by atoms with Crippen molar-refractivity contribution in [3.8, 4) is 0 Å². The molecule has 17 heavy (non-hydrogen) atoms. The second kappa shape index (κ2) is 4.67. The van der Waals surface area contributed by atoms with E-state index in [-0.39, 0.29) is 21.7 Å². The zero-order valence-corrected chi connectivity index (χ0v) is 13.6. The number of rotatable bonds is 0. The summed E-state index contributed by atoms with van der Waals surface area (Å²) in [5.74, 6) is 0. The smallest absolute Gasteiger partial charge is 0.153 e. The van der Waals surface area contributed by atoms with Crippen LogP contribution in [-0.2, 0) is 21.7 Å². The van der Waals surface area contributed by atoms with E-state index in [1.807, 2.05) is 0 Å². The van der Waals surface area contributed by atoms with E-state index < -0.39 is 0 Å². The number of aryl methyl sites for hydroxylation is 4. The molecule has 0 spiro atoms. The molecule has 0 N–H and O–H groups in total. The second-order valence-corrected chi connectivity index (χ2v) is 5.12. The molecule has 1 heteroatoms. The van der Waals surface area contributed by atoms with Gasteiger partial charge in [-0.25, -0.2) is 0 Å². The Morgan fingerprint density at radius 1 is 0.647 bits per heavy atom. The predicted molar refractivity (Wildman–Crippen MR) is 72.7 cm³/mol. The summed E-state index contributed by atoms with van der Waals surface area (Å²) in [4.78, 5) is 0. The summed E-state index contributed by atoms with van der Waals surface area (Å²) in [6, 6.07) is 0. The maximum atomic E-state index is 2.26. The van der Waals surface area contributed by atoms with Crippen LogP contribution in [0.2, 0.25) is 0 Å². The third kappa shape index (κ3) is 1.82. The van der Waals surface area contributed by atoms with Crippen LogP contribution < -0.4 is 0 Å².